The minimum atomic E-state index is 0.165. The topological polar surface area (TPSA) is 63.5 Å². The fourth-order valence-electron chi connectivity index (χ4n) is 1.60. The summed E-state index contributed by atoms with van der Waals surface area (Å²) in [6, 6.07) is 4.13. The van der Waals surface area contributed by atoms with Gasteiger partial charge in [0.15, 0.2) is 5.84 Å². The third-order valence-electron chi connectivity index (χ3n) is 2.33. The second-order valence-corrected chi connectivity index (χ2v) is 3.42. The van der Waals surface area contributed by atoms with Crippen LogP contribution in [0.25, 0.3) is 0 Å². The van der Waals surface area contributed by atoms with Crippen LogP contribution in [-0.4, -0.2) is 15.6 Å². The SMILES string of the molecule is CCCC(C)n1cccc1/C(N)=N/O. The lowest BCUT2D eigenvalue weighted by Gasteiger charge is -2.15. The van der Waals surface area contributed by atoms with Gasteiger partial charge in [-0.2, -0.15) is 0 Å². The molecule has 0 spiro atoms. The summed E-state index contributed by atoms with van der Waals surface area (Å²) in [5.41, 5.74) is 6.32. The van der Waals surface area contributed by atoms with E-state index in [0.29, 0.717) is 6.04 Å². The molecule has 1 rings (SSSR count). The maximum atomic E-state index is 8.59. The highest BCUT2D eigenvalue weighted by Crippen LogP contribution is 2.16. The van der Waals surface area contributed by atoms with Gasteiger partial charge in [0, 0.05) is 12.2 Å². The Hall–Kier alpha value is -1.45. The normalized spacial score (nSPS) is 14.3. The maximum absolute atomic E-state index is 8.59. The molecule has 1 atom stereocenters. The number of aromatic nitrogens is 1. The molecule has 3 N–H and O–H groups in total. The van der Waals surface area contributed by atoms with Crippen LogP contribution in [0, 0.1) is 0 Å². The summed E-state index contributed by atoms with van der Waals surface area (Å²) >= 11 is 0. The molecule has 0 aliphatic carbocycles. The summed E-state index contributed by atoms with van der Waals surface area (Å²) < 4.78 is 2.03. The van der Waals surface area contributed by atoms with Gasteiger partial charge >= 0.3 is 0 Å². The lowest BCUT2D eigenvalue weighted by Crippen LogP contribution is -2.19. The first kappa shape index (κ1) is 10.6. The van der Waals surface area contributed by atoms with Crippen molar-refractivity contribution >= 4 is 5.84 Å². The Balaban J connectivity index is 2.92. The largest absolute Gasteiger partial charge is 0.409 e. The van der Waals surface area contributed by atoms with Gasteiger partial charge in [0.25, 0.3) is 0 Å². The quantitative estimate of drug-likeness (QED) is 0.334. The van der Waals surface area contributed by atoms with E-state index < -0.39 is 0 Å². The molecule has 0 bridgehead atoms. The van der Waals surface area contributed by atoms with E-state index in [-0.39, 0.29) is 5.84 Å². The van der Waals surface area contributed by atoms with E-state index in [9.17, 15) is 0 Å². The molecule has 0 saturated carbocycles. The van der Waals surface area contributed by atoms with Crippen molar-refractivity contribution in [2.75, 3.05) is 0 Å². The van der Waals surface area contributed by atoms with Crippen LogP contribution < -0.4 is 5.73 Å². The average Bonchev–Trinajstić information content (AvgIpc) is 2.65. The van der Waals surface area contributed by atoms with Crippen molar-refractivity contribution in [3.63, 3.8) is 0 Å². The number of rotatable bonds is 4. The number of nitrogens with two attached hydrogens (primary N) is 1. The van der Waals surface area contributed by atoms with E-state index >= 15 is 0 Å². The summed E-state index contributed by atoms with van der Waals surface area (Å²) in [7, 11) is 0. The number of oxime groups is 1. The molecule has 4 heteroatoms. The highest BCUT2D eigenvalue weighted by molar-refractivity contribution is 5.95. The molecule has 4 nitrogen and oxygen atoms in total. The molecular formula is C10H17N3O. The van der Waals surface area contributed by atoms with Crippen LogP contribution in [0.15, 0.2) is 23.5 Å². The minimum absolute atomic E-state index is 0.165. The minimum Gasteiger partial charge on any atom is -0.409 e. The zero-order chi connectivity index (χ0) is 10.6. The Kier molecular flexibility index (Phi) is 3.56. The third kappa shape index (κ3) is 2.07. The number of hydrogen-bond donors (Lipinski definition) is 2. The molecule has 0 saturated heterocycles. The van der Waals surface area contributed by atoms with Crippen LogP contribution in [0.2, 0.25) is 0 Å². The fraction of sp³-hybridized carbons (Fsp3) is 0.500. The van der Waals surface area contributed by atoms with Crippen LogP contribution in [0.3, 0.4) is 0 Å². The van der Waals surface area contributed by atoms with Crippen molar-refractivity contribution in [2.24, 2.45) is 10.9 Å². The van der Waals surface area contributed by atoms with Gasteiger partial charge < -0.3 is 15.5 Å². The van der Waals surface area contributed by atoms with Gasteiger partial charge in [-0.25, -0.2) is 0 Å². The molecule has 78 valence electrons. The van der Waals surface area contributed by atoms with Gasteiger partial charge in [-0.1, -0.05) is 18.5 Å². The second-order valence-electron chi connectivity index (χ2n) is 3.42. The zero-order valence-corrected chi connectivity index (χ0v) is 8.64. The first-order valence-corrected chi connectivity index (χ1v) is 4.85. The second kappa shape index (κ2) is 4.69. The molecule has 0 aliphatic heterocycles. The molecule has 14 heavy (non-hydrogen) atoms. The van der Waals surface area contributed by atoms with Crippen molar-refractivity contribution in [1.29, 1.82) is 0 Å². The number of amidine groups is 1. The highest BCUT2D eigenvalue weighted by atomic mass is 16.4. The highest BCUT2D eigenvalue weighted by Gasteiger charge is 2.10. The van der Waals surface area contributed by atoms with E-state index in [2.05, 4.69) is 19.0 Å². The summed E-state index contributed by atoms with van der Waals surface area (Å²) in [5, 5.41) is 11.6. The summed E-state index contributed by atoms with van der Waals surface area (Å²) in [6.07, 6.45) is 4.16. The molecular weight excluding hydrogens is 178 g/mol. The lowest BCUT2D eigenvalue weighted by atomic mass is 10.2. The van der Waals surface area contributed by atoms with Crippen LogP contribution in [0.4, 0.5) is 0 Å². The van der Waals surface area contributed by atoms with E-state index in [1.54, 1.807) is 0 Å². The van der Waals surface area contributed by atoms with Gasteiger partial charge in [-0.15, -0.1) is 0 Å². The Morgan fingerprint density at radius 1 is 1.71 bits per heavy atom. The molecule has 1 aromatic rings. The van der Waals surface area contributed by atoms with Crippen LogP contribution in [0.5, 0.6) is 0 Å². The zero-order valence-electron chi connectivity index (χ0n) is 8.64. The van der Waals surface area contributed by atoms with E-state index in [4.69, 9.17) is 10.9 Å². The van der Waals surface area contributed by atoms with Gasteiger partial charge in [-0.3, -0.25) is 0 Å². The molecule has 1 aromatic heterocycles. The van der Waals surface area contributed by atoms with Gasteiger partial charge in [-0.05, 0) is 25.5 Å². The number of nitrogens with zero attached hydrogens (tertiary/aromatic N) is 2. The standard InChI is InChI=1S/C10H17N3O/c1-3-5-8(2)13-7-4-6-9(13)10(11)12-14/h4,6-8,14H,3,5H2,1-2H3,(H2,11,12). The third-order valence-corrected chi connectivity index (χ3v) is 2.33. The Morgan fingerprint density at radius 2 is 2.43 bits per heavy atom. The summed E-state index contributed by atoms with van der Waals surface area (Å²) in [6.45, 7) is 4.26. The Morgan fingerprint density at radius 3 is 3.00 bits per heavy atom. The predicted octanol–water partition coefficient (Wildman–Crippen LogP) is 1.94. The fourth-order valence-corrected chi connectivity index (χ4v) is 1.60. The molecule has 1 heterocycles. The lowest BCUT2D eigenvalue weighted by molar-refractivity contribution is 0.318. The van der Waals surface area contributed by atoms with E-state index in [1.165, 1.54) is 0 Å². The monoisotopic (exact) mass is 195 g/mol. The van der Waals surface area contributed by atoms with Crippen molar-refractivity contribution < 1.29 is 5.21 Å². The summed E-state index contributed by atoms with van der Waals surface area (Å²) in [4.78, 5) is 0. The molecule has 0 aliphatic rings. The van der Waals surface area contributed by atoms with Crippen LogP contribution >= 0.6 is 0 Å². The first-order chi connectivity index (χ1) is 6.70. The molecule has 1 unspecified atom stereocenters. The molecule has 0 radical (unpaired) electrons. The van der Waals surface area contributed by atoms with E-state index in [0.717, 1.165) is 18.5 Å². The average molecular weight is 195 g/mol. The molecule has 0 fully saturated rings. The molecule has 0 aromatic carbocycles. The van der Waals surface area contributed by atoms with Crippen LogP contribution in [0.1, 0.15) is 38.4 Å². The van der Waals surface area contributed by atoms with Crippen molar-refractivity contribution in [3.8, 4) is 0 Å². The Bertz CT molecular complexity index is 317. The smallest absolute Gasteiger partial charge is 0.186 e. The van der Waals surface area contributed by atoms with Crippen molar-refractivity contribution in [3.05, 3.63) is 24.0 Å². The van der Waals surface area contributed by atoms with E-state index in [1.807, 2.05) is 22.9 Å². The Labute approximate surface area is 84.0 Å². The predicted molar refractivity (Wildman–Crippen MR) is 56.6 cm³/mol. The first-order valence-electron chi connectivity index (χ1n) is 4.85. The molecule has 0 amide bonds. The van der Waals surface area contributed by atoms with Crippen molar-refractivity contribution in [2.45, 2.75) is 32.7 Å². The van der Waals surface area contributed by atoms with Crippen LogP contribution in [-0.2, 0) is 0 Å². The van der Waals surface area contributed by atoms with Crippen molar-refractivity contribution in [1.82, 2.24) is 4.57 Å². The van der Waals surface area contributed by atoms with Gasteiger partial charge in [0.05, 0.1) is 5.69 Å². The summed E-state index contributed by atoms with van der Waals surface area (Å²) in [5.74, 6) is 0.165. The number of hydrogen-bond acceptors (Lipinski definition) is 2. The van der Waals surface area contributed by atoms with Gasteiger partial charge in [0.1, 0.15) is 0 Å². The maximum Gasteiger partial charge on any atom is 0.186 e. The van der Waals surface area contributed by atoms with Gasteiger partial charge in [0.2, 0.25) is 0 Å².